The van der Waals surface area contributed by atoms with Gasteiger partial charge >= 0.3 is 5.97 Å². The third-order valence-corrected chi connectivity index (χ3v) is 2.76. The Balaban J connectivity index is 2.21. The van der Waals surface area contributed by atoms with E-state index in [0.29, 0.717) is 5.02 Å². The Bertz CT molecular complexity index is 349. The van der Waals surface area contributed by atoms with E-state index in [1.807, 2.05) is 18.2 Å². The molecule has 1 aliphatic rings. The smallest absolute Gasteiger partial charge is 0.307 e. The minimum Gasteiger partial charge on any atom is -0.481 e. The van der Waals surface area contributed by atoms with Crippen LogP contribution in [0, 0.1) is 5.92 Å². The summed E-state index contributed by atoms with van der Waals surface area (Å²) in [6, 6.07) is 7.44. The zero-order valence-corrected chi connectivity index (χ0v) is 7.66. The maximum absolute atomic E-state index is 10.6. The van der Waals surface area contributed by atoms with Crippen molar-refractivity contribution in [1.29, 1.82) is 0 Å². The van der Waals surface area contributed by atoms with E-state index in [0.717, 1.165) is 12.0 Å². The second-order valence-electron chi connectivity index (χ2n) is 3.31. The molecular formula is C10H9ClO2. The van der Waals surface area contributed by atoms with Gasteiger partial charge in [0.15, 0.2) is 0 Å². The molecule has 1 fully saturated rings. The summed E-state index contributed by atoms with van der Waals surface area (Å²) in [6.45, 7) is 0. The van der Waals surface area contributed by atoms with Crippen molar-refractivity contribution in [3.8, 4) is 0 Å². The van der Waals surface area contributed by atoms with Crippen LogP contribution in [0.4, 0.5) is 0 Å². The fourth-order valence-corrected chi connectivity index (χ4v) is 1.86. The number of hydrogen-bond acceptors (Lipinski definition) is 1. The average molecular weight is 197 g/mol. The molecular weight excluding hydrogens is 188 g/mol. The van der Waals surface area contributed by atoms with Gasteiger partial charge in [-0.15, -0.1) is 0 Å². The predicted molar refractivity (Wildman–Crippen MR) is 49.9 cm³/mol. The van der Waals surface area contributed by atoms with Gasteiger partial charge in [0, 0.05) is 5.02 Å². The molecule has 0 spiro atoms. The molecule has 1 saturated carbocycles. The molecule has 68 valence electrons. The van der Waals surface area contributed by atoms with Crippen LogP contribution in [0.15, 0.2) is 24.3 Å². The number of carboxylic acid groups (broad SMARTS) is 1. The maximum Gasteiger partial charge on any atom is 0.307 e. The number of halogens is 1. The zero-order chi connectivity index (χ0) is 9.42. The molecule has 2 unspecified atom stereocenters. The van der Waals surface area contributed by atoms with Crippen molar-refractivity contribution in [1.82, 2.24) is 0 Å². The summed E-state index contributed by atoms with van der Waals surface area (Å²) in [5.41, 5.74) is 0.969. The molecule has 0 aliphatic heterocycles. The number of carboxylic acids is 1. The van der Waals surface area contributed by atoms with Gasteiger partial charge in [0.05, 0.1) is 5.92 Å². The first kappa shape index (κ1) is 8.57. The van der Waals surface area contributed by atoms with Crippen LogP contribution >= 0.6 is 11.6 Å². The first-order valence-electron chi connectivity index (χ1n) is 4.17. The lowest BCUT2D eigenvalue weighted by Gasteiger charge is -2.00. The molecule has 2 nitrogen and oxygen atoms in total. The van der Waals surface area contributed by atoms with Crippen LogP contribution in [0.1, 0.15) is 17.9 Å². The minimum absolute atomic E-state index is 0.131. The van der Waals surface area contributed by atoms with Gasteiger partial charge in [-0.25, -0.2) is 0 Å². The molecule has 2 atom stereocenters. The molecule has 1 aliphatic carbocycles. The summed E-state index contributed by atoms with van der Waals surface area (Å²) < 4.78 is 0. The summed E-state index contributed by atoms with van der Waals surface area (Å²) in [6.07, 6.45) is 0.721. The van der Waals surface area contributed by atoms with Crippen molar-refractivity contribution in [2.24, 2.45) is 5.92 Å². The normalized spacial score (nSPS) is 25.6. The van der Waals surface area contributed by atoms with Crippen molar-refractivity contribution in [2.45, 2.75) is 12.3 Å². The molecule has 13 heavy (non-hydrogen) atoms. The van der Waals surface area contributed by atoms with E-state index in [1.54, 1.807) is 6.07 Å². The van der Waals surface area contributed by atoms with Crippen LogP contribution in [0.25, 0.3) is 0 Å². The number of rotatable bonds is 2. The molecule has 1 aromatic rings. The van der Waals surface area contributed by atoms with E-state index in [2.05, 4.69) is 0 Å². The van der Waals surface area contributed by atoms with Gasteiger partial charge in [0.2, 0.25) is 0 Å². The highest BCUT2D eigenvalue weighted by atomic mass is 35.5. The second kappa shape index (κ2) is 3.04. The van der Waals surface area contributed by atoms with Crippen molar-refractivity contribution in [2.75, 3.05) is 0 Å². The molecule has 1 N–H and O–H groups in total. The molecule has 0 saturated heterocycles. The molecule has 0 amide bonds. The van der Waals surface area contributed by atoms with Crippen molar-refractivity contribution < 1.29 is 9.90 Å². The Kier molecular flexibility index (Phi) is 2.00. The number of carbonyl (C=O) groups is 1. The van der Waals surface area contributed by atoms with E-state index >= 15 is 0 Å². The fraction of sp³-hybridized carbons (Fsp3) is 0.300. The highest BCUT2D eigenvalue weighted by molar-refractivity contribution is 6.31. The summed E-state index contributed by atoms with van der Waals surface area (Å²) in [4.78, 5) is 10.6. The van der Waals surface area contributed by atoms with Gasteiger partial charge in [0.1, 0.15) is 0 Å². The maximum atomic E-state index is 10.6. The molecule has 0 bridgehead atoms. The molecule has 3 heteroatoms. The van der Waals surface area contributed by atoms with Crippen LogP contribution in [-0.2, 0) is 4.79 Å². The van der Waals surface area contributed by atoms with E-state index in [1.165, 1.54) is 0 Å². The van der Waals surface area contributed by atoms with Crippen LogP contribution in [0.3, 0.4) is 0 Å². The van der Waals surface area contributed by atoms with E-state index < -0.39 is 5.97 Å². The van der Waals surface area contributed by atoms with Crippen LogP contribution in [-0.4, -0.2) is 11.1 Å². The van der Waals surface area contributed by atoms with E-state index in [-0.39, 0.29) is 11.8 Å². The fourth-order valence-electron chi connectivity index (χ4n) is 1.59. The second-order valence-corrected chi connectivity index (χ2v) is 3.72. The van der Waals surface area contributed by atoms with E-state index in [4.69, 9.17) is 16.7 Å². The SMILES string of the molecule is O=C(O)C1CC1c1ccccc1Cl. The highest BCUT2D eigenvalue weighted by Crippen LogP contribution is 2.49. The van der Waals surface area contributed by atoms with Gasteiger partial charge < -0.3 is 5.11 Å². The monoisotopic (exact) mass is 196 g/mol. The molecule has 0 radical (unpaired) electrons. The Hall–Kier alpha value is -1.02. The predicted octanol–water partition coefficient (Wildman–Crippen LogP) is 2.53. The molecule has 1 aromatic carbocycles. The van der Waals surface area contributed by atoms with Crippen molar-refractivity contribution in [3.63, 3.8) is 0 Å². The third-order valence-electron chi connectivity index (χ3n) is 2.41. The van der Waals surface area contributed by atoms with Gasteiger partial charge in [-0.05, 0) is 24.0 Å². The zero-order valence-electron chi connectivity index (χ0n) is 6.90. The van der Waals surface area contributed by atoms with E-state index in [9.17, 15) is 4.79 Å². The highest BCUT2D eigenvalue weighted by Gasteiger charge is 2.44. The minimum atomic E-state index is -0.718. The molecule has 2 rings (SSSR count). The lowest BCUT2D eigenvalue weighted by molar-refractivity contribution is -0.138. The van der Waals surface area contributed by atoms with Crippen LogP contribution < -0.4 is 0 Å². The first-order valence-corrected chi connectivity index (χ1v) is 4.55. The van der Waals surface area contributed by atoms with Gasteiger partial charge in [-0.3, -0.25) is 4.79 Å². The quantitative estimate of drug-likeness (QED) is 0.789. The van der Waals surface area contributed by atoms with Crippen molar-refractivity contribution >= 4 is 17.6 Å². The van der Waals surface area contributed by atoms with Gasteiger partial charge in [0.25, 0.3) is 0 Å². The van der Waals surface area contributed by atoms with Crippen LogP contribution in [0.2, 0.25) is 5.02 Å². The van der Waals surface area contributed by atoms with Gasteiger partial charge in [-0.2, -0.15) is 0 Å². The Morgan fingerprint density at radius 2 is 2.15 bits per heavy atom. The standard InChI is InChI=1S/C10H9ClO2/c11-9-4-2-1-3-6(9)7-5-8(7)10(12)13/h1-4,7-8H,5H2,(H,12,13). The summed E-state index contributed by atoms with van der Waals surface area (Å²) >= 11 is 5.94. The summed E-state index contributed by atoms with van der Waals surface area (Å²) in [5.74, 6) is -0.809. The summed E-state index contributed by atoms with van der Waals surface area (Å²) in [7, 11) is 0. The van der Waals surface area contributed by atoms with Crippen LogP contribution in [0.5, 0.6) is 0 Å². The molecule has 0 aromatic heterocycles. The average Bonchev–Trinajstić information content (AvgIpc) is 2.84. The largest absolute Gasteiger partial charge is 0.481 e. The number of benzene rings is 1. The number of hydrogen-bond donors (Lipinski definition) is 1. The molecule has 0 heterocycles. The van der Waals surface area contributed by atoms with Crippen molar-refractivity contribution in [3.05, 3.63) is 34.9 Å². The Morgan fingerprint density at radius 3 is 2.69 bits per heavy atom. The Morgan fingerprint density at radius 1 is 1.46 bits per heavy atom. The Labute approximate surface area is 81.1 Å². The van der Waals surface area contributed by atoms with Gasteiger partial charge in [-0.1, -0.05) is 29.8 Å². The topological polar surface area (TPSA) is 37.3 Å². The third kappa shape index (κ3) is 1.54. The lowest BCUT2D eigenvalue weighted by atomic mass is 10.1. The lowest BCUT2D eigenvalue weighted by Crippen LogP contribution is -1.98. The summed E-state index contributed by atoms with van der Waals surface area (Å²) in [5, 5.41) is 9.41. The number of aliphatic carboxylic acids is 1. The first-order chi connectivity index (χ1) is 6.20.